The Hall–Kier alpha value is -1.06. The molecule has 1 unspecified atom stereocenters. The number of nitrogens with zero attached hydrogens (tertiary/aromatic N) is 1. The van der Waals surface area contributed by atoms with E-state index in [1.165, 1.54) is 5.56 Å². The molecule has 1 aromatic rings. The van der Waals surface area contributed by atoms with E-state index in [2.05, 4.69) is 31.0 Å². The molecule has 2 N–H and O–H groups in total. The molecule has 1 aromatic carbocycles. The second-order valence-electron chi connectivity index (χ2n) is 4.16. The van der Waals surface area contributed by atoms with E-state index in [9.17, 15) is 0 Å². The molecule has 0 bridgehead atoms. The van der Waals surface area contributed by atoms with E-state index < -0.39 is 0 Å². The molecule has 0 aromatic heterocycles. The molecule has 0 fully saturated rings. The summed E-state index contributed by atoms with van der Waals surface area (Å²) in [5.41, 5.74) is 6.95. The fraction of sp³-hybridized carbons (Fsp3) is 0.538. The first kappa shape index (κ1) is 13.0. The average Bonchev–Trinajstić information content (AvgIpc) is 2.35. The second kappa shape index (κ2) is 6.51. The molecular weight excluding hydrogens is 200 g/mol. The van der Waals surface area contributed by atoms with Crippen LogP contribution in [-0.4, -0.2) is 38.2 Å². The van der Waals surface area contributed by atoms with E-state index in [0.29, 0.717) is 12.6 Å². The van der Waals surface area contributed by atoms with Crippen molar-refractivity contribution in [3.05, 3.63) is 29.8 Å². The number of nitrogens with two attached hydrogens (primary N) is 1. The van der Waals surface area contributed by atoms with E-state index >= 15 is 0 Å². The summed E-state index contributed by atoms with van der Waals surface area (Å²) >= 11 is 0. The van der Waals surface area contributed by atoms with Crippen molar-refractivity contribution in [3.63, 3.8) is 0 Å². The van der Waals surface area contributed by atoms with Gasteiger partial charge >= 0.3 is 0 Å². The fourth-order valence-electron chi connectivity index (χ4n) is 1.50. The van der Waals surface area contributed by atoms with Gasteiger partial charge in [-0.05, 0) is 38.1 Å². The molecule has 0 heterocycles. The lowest BCUT2D eigenvalue weighted by atomic mass is 10.1. The van der Waals surface area contributed by atoms with Gasteiger partial charge < -0.3 is 15.4 Å². The Morgan fingerprint density at radius 3 is 2.44 bits per heavy atom. The number of hydrogen-bond acceptors (Lipinski definition) is 3. The lowest BCUT2D eigenvalue weighted by Crippen LogP contribution is -2.36. The summed E-state index contributed by atoms with van der Waals surface area (Å²) < 4.78 is 5.12. The smallest absolute Gasteiger partial charge is 0.118 e. The van der Waals surface area contributed by atoms with Crippen LogP contribution in [0.1, 0.15) is 12.5 Å². The lowest BCUT2D eigenvalue weighted by molar-refractivity contribution is 0.266. The molecule has 0 radical (unpaired) electrons. The number of benzene rings is 1. The van der Waals surface area contributed by atoms with Gasteiger partial charge in [-0.3, -0.25) is 0 Å². The zero-order valence-corrected chi connectivity index (χ0v) is 10.4. The van der Waals surface area contributed by atoms with Crippen LogP contribution in [-0.2, 0) is 6.42 Å². The Labute approximate surface area is 98.2 Å². The highest BCUT2D eigenvalue weighted by Crippen LogP contribution is 2.12. The summed E-state index contributed by atoms with van der Waals surface area (Å²) in [4.78, 5) is 2.28. The Bertz CT molecular complexity index is 297. The van der Waals surface area contributed by atoms with Gasteiger partial charge in [0.25, 0.3) is 0 Å². The number of likely N-dealkylation sites (N-methyl/N-ethyl adjacent to an activating group) is 1. The van der Waals surface area contributed by atoms with Crippen molar-refractivity contribution in [2.75, 3.05) is 27.2 Å². The minimum atomic E-state index is 0.443. The van der Waals surface area contributed by atoms with Crippen LogP contribution < -0.4 is 10.5 Å². The highest BCUT2D eigenvalue weighted by molar-refractivity contribution is 5.27. The van der Waals surface area contributed by atoms with Crippen LogP contribution >= 0.6 is 0 Å². The molecule has 0 aliphatic rings. The molecule has 16 heavy (non-hydrogen) atoms. The van der Waals surface area contributed by atoms with Crippen LogP contribution in [0.15, 0.2) is 24.3 Å². The van der Waals surface area contributed by atoms with Gasteiger partial charge in [-0.25, -0.2) is 0 Å². The maximum absolute atomic E-state index is 5.62. The maximum atomic E-state index is 5.62. The minimum Gasteiger partial charge on any atom is -0.497 e. The van der Waals surface area contributed by atoms with Crippen LogP contribution in [0, 0.1) is 0 Å². The van der Waals surface area contributed by atoms with Gasteiger partial charge in [0.15, 0.2) is 0 Å². The third kappa shape index (κ3) is 3.83. The van der Waals surface area contributed by atoms with Crippen LogP contribution in [0.4, 0.5) is 0 Å². The van der Waals surface area contributed by atoms with Gasteiger partial charge in [0.05, 0.1) is 7.11 Å². The van der Waals surface area contributed by atoms with E-state index in [1.54, 1.807) is 7.11 Å². The van der Waals surface area contributed by atoms with Gasteiger partial charge in [-0.15, -0.1) is 0 Å². The molecule has 3 nitrogen and oxygen atoms in total. The van der Waals surface area contributed by atoms with Crippen LogP contribution in [0.25, 0.3) is 0 Å². The van der Waals surface area contributed by atoms with Crippen molar-refractivity contribution in [1.29, 1.82) is 0 Å². The van der Waals surface area contributed by atoms with Crippen molar-refractivity contribution in [2.45, 2.75) is 19.4 Å². The molecule has 0 saturated heterocycles. The normalized spacial score (nSPS) is 12.8. The van der Waals surface area contributed by atoms with Crippen molar-refractivity contribution < 1.29 is 4.74 Å². The van der Waals surface area contributed by atoms with E-state index in [4.69, 9.17) is 10.5 Å². The summed E-state index contributed by atoms with van der Waals surface area (Å²) in [5, 5.41) is 0. The highest BCUT2D eigenvalue weighted by Gasteiger charge is 2.06. The topological polar surface area (TPSA) is 38.5 Å². The first-order valence-corrected chi connectivity index (χ1v) is 5.70. The van der Waals surface area contributed by atoms with E-state index in [0.717, 1.165) is 18.7 Å². The molecule has 0 spiro atoms. The Balaban J connectivity index is 2.42. The molecule has 90 valence electrons. The van der Waals surface area contributed by atoms with Gasteiger partial charge in [-0.1, -0.05) is 12.1 Å². The standard InChI is InChI=1S/C13H22N2O/c1-11(10-14)15(2)9-8-12-4-6-13(16-3)7-5-12/h4-7,11H,8-10,14H2,1-3H3. The molecule has 0 saturated carbocycles. The third-order valence-corrected chi connectivity index (χ3v) is 3.01. The number of methoxy groups -OCH3 is 1. The van der Waals surface area contributed by atoms with Gasteiger partial charge in [0.2, 0.25) is 0 Å². The molecule has 0 aliphatic heterocycles. The number of ether oxygens (including phenoxy) is 1. The fourth-order valence-corrected chi connectivity index (χ4v) is 1.50. The van der Waals surface area contributed by atoms with Crippen LogP contribution in [0.3, 0.4) is 0 Å². The summed E-state index contributed by atoms with van der Waals surface area (Å²) in [6, 6.07) is 8.67. The maximum Gasteiger partial charge on any atom is 0.118 e. The van der Waals surface area contributed by atoms with Crippen molar-refractivity contribution in [1.82, 2.24) is 4.90 Å². The third-order valence-electron chi connectivity index (χ3n) is 3.01. The largest absolute Gasteiger partial charge is 0.497 e. The lowest BCUT2D eigenvalue weighted by Gasteiger charge is -2.23. The summed E-state index contributed by atoms with van der Waals surface area (Å²) in [6.07, 6.45) is 1.05. The predicted octanol–water partition coefficient (Wildman–Crippen LogP) is 1.52. The molecule has 1 rings (SSSR count). The Kier molecular flexibility index (Phi) is 5.29. The molecule has 1 atom stereocenters. The van der Waals surface area contributed by atoms with Gasteiger partial charge in [-0.2, -0.15) is 0 Å². The predicted molar refractivity (Wildman–Crippen MR) is 67.8 cm³/mol. The zero-order chi connectivity index (χ0) is 12.0. The first-order valence-electron chi connectivity index (χ1n) is 5.70. The van der Waals surface area contributed by atoms with E-state index in [-0.39, 0.29) is 0 Å². The highest BCUT2D eigenvalue weighted by atomic mass is 16.5. The molecule has 0 amide bonds. The van der Waals surface area contributed by atoms with E-state index in [1.807, 2.05) is 12.1 Å². The second-order valence-corrected chi connectivity index (χ2v) is 4.16. The summed E-state index contributed by atoms with van der Waals surface area (Å²) in [5.74, 6) is 0.910. The van der Waals surface area contributed by atoms with Gasteiger partial charge in [0, 0.05) is 19.1 Å². The number of rotatable bonds is 6. The average molecular weight is 222 g/mol. The minimum absolute atomic E-state index is 0.443. The molecule has 3 heteroatoms. The SMILES string of the molecule is COc1ccc(CCN(C)C(C)CN)cc1. The first-order chi connectivity index (χ1) is 7.67. The van der Waals surface area contributed by atoms with Crippen LogP contribution in [0.2, 0.25) is 0 Å². The molecular formula is C13H22N2O. The monoisotopic (exact) mass is 222 g/mol. The molecule has 0 aliphatic carbocycles. The zero-order valence-electron chi connectivity index (χ0n) is 10.4. The van der Waals surface area contributed by atoms with Crippen molar-refractivity contribution in [3.8, 4) is 5.75 Å². The van der Waals surface area contributed by atoms with Gasteiger partial charge in [0.1, 0.15) is 5.75 Å². The Morgan fingerprint density at radius 1 is 1.31 bits per heavy atom. The summed E-state index contributed by atoms with van der Waals surface area (Å²) in [7, 11) is 3.80. The van der Waals surface area contributed by atoms with Crippen molar-refractivity contribution in [2.24, 2.45) is 5.73 Å². The Morgan fingerprint density at radius 2 is 1.94 bits per heavy atom. The number of hydrogen-bond donors (Lipinski definition) is 1. The van der Waals surface area contributed by atoms with Crippen molar-refractivity contribution >= 4 is 0 Å². The summed E-state index contributed by atoms with van der Waals surface area (Å²) in [6.45, 7) is 3.89. The quantitative estimate of drug-likeness (QED) is 0.793. The van der Waals surface area contributed by atoms with Crippen LogP contribution in [0.5, 0.6) is 5.75 Å².